The predicted octanol–water partition coefficient (Wildman–Crippen LogP) is 5.31. The van der Waals surface area contributed by atoms with Gasteiger partial charge >= 0.3 is 0 Å². The Morgan fingerprint density at radius 1 is 1.08 bits per heavy atom. The Hall–Kier alpha value is -1.74. The van der Waals surface area contributed by atoms with E-state index in [9.17, 15) is 0 Å². The minimum absolute atomic E-state index is 0. The van der Waals surface area contributed by atoms with E-state index in [-0.39, 0.29) is 18.4 Å². The molecule has 2 heterocycles. The van der Waals surface area contributed by atoms with E-state index in [1.807, 2.05) is 12.1 Å². The molecule has 1 aromatic heterocycles. The molecule has 1 N–H and O–H groups in total. The standard InChI is InChI=1S/C20H19ClN2.ClH/c1-2-14-8-10-15(11-9-14)20-19-7-4-12-23(19)18-6-3-5-17(21)16(18)13-22-20;/h3-12,20,22H,2,13H2,1H3;1H. The zero-order chi connectivity index (χ0) is 15.8. The van der Waals surface area contributed by atoms with Crippen LogP contribution in [-0.2, 0) is 13.0 Å². The van der Waals surface area contributed by atoms with Crippen LogP contribution < -0.4 is 5.32 Å². The second-order valence-corrected chi connectivity index (χ2v) is 6.36. The van der Waals surface area contributed by atoms with Crippen LogP contribution in [0.1, 0.15) is 35.3 Å². The minimum atomic E-state index is 0. The van der Waals surface area contributed by atoms with E-state index in [0.29, 0.717) is 0 Å². The first-order chi connectivity index (χ1) is 11.3. The molecule has 124 valence electrons. The highest BCUT2D eigenvalue weighted by Crippen LogP contribution is 2.33. The number of nitrogens with zero attached hydrogens (tertiary/aromatic N) is 1. The molecule has 1 atom stereocenters. The fraction of sp³-hybridized carbons (Fsp3) is 0.200. The third kappa shape index (κ3) is 2.86. The van der Waals surface area contributed by atoms with Gasteiger partial charge in [-0.2, -0.15) is 0 Å². The second kappa shape index (κ2) is 7.02. The number of fused-ring (bicyclic) bond motifs is 3. The molecular formula is C20H20Cl2N2. The van der Waals surface area contributed by atoms with Gasteiger partial charge in [0.05, 0.1) is 11.7 Å². The smallest absolute Gasteiger partial charge is 0.0737 e. The average Bonchev–Trinajstić information content (AvgIpc) is 3.00. The summed E-state index contributed by atoms with van der Waals surface area (Å²) < 4.78 is 2.25. The van der Waals surface area contributed by atoms with E-state index < -0.39 is 0 Å². The summed E-state index contributed by atoms with van der Waals surface area (Å²) in [6.45, 7) is 2.94. The first kappa shape index (κ1) is 17.1. The summed E-state index contributed by atoms with van der Waals surface area (Å²) >= 11 is 6.43. The zero-order valence-electron chi connectivity index (χ0n) is 13.5. The van der Waals surface area contributed by atoms with E-state index in [2.05, 4.69) is 65.5 Å². The van der Waals surface area contributed by atoms with Crippen molar-refractivity contribution in [1.82, 2.24) is 9.88 Å². The van der Waals surface area contributed by atoms with Crippen LogP contribution in [0.5, 0.6) is 0 Å². The summed E-state index contributed by atoms with van der Waals surface area (Å²) in [6, 6.07) is 19.4. The number of benzene rings is 2. The number of rotatable bonds is 2. The Bertz CT molecular complexity index is 837. The highest BCUT2D eigenvalue weighted by molar-refractivity contribution is 6.31. The number of hydrogen-bond donors (Lipinski definition) is 1. The van der Waals surface area contributed by atoms with Gasteiger partial charge in [0.2, 0.25) is 0 Å². The molecule has 1 aliphatic rings. The van der Waals surface area contributed by atoms with E-state index in [0.717, 1.165) is 29.2 Å². The van der Waals surface area contributed by atoms with E-state index in [1.54, 1.807) is 0 Å². The van der Waals surface area contributed by atoms with Gasteiger partial charge in [-0.15, -0.1) is 12.4 Å². The number of hydrogen-bond acceptors (Lipinski definition) is 1. The topological polar surface area (TPSA) is 17.0 Å². The molecule has 0 fully saturated rings. The van der Waals surface area contributed by atoms with Gasteiger partial charge in [-0.1, -0.05) is 48.9 Å². The lowest BCUT2D eigenvalue weighted by atomic mass is 10.0. The van der Waals surface area contributed by atoms with Crippen LogP contribution in [0.4, 0.5) is 0 Å². The lowest BCUT2D eigenvalue weighted by Gasteiger charge is -2.18. The van der Waals surface area contributed by atoms with Crippen LogP contribution in [0, 0.1) is 0 Å². The molecule has 2 nitrogen and oxygen atoms in total. The molecule has 2 aromatic carbocycles. The van der Waals surface area contributed by atoms with Crippen molar-refractivity contribution in [2.45, 2.75) is 25.9 Å². The Morgan fingerprint density at radius 2 is 1.88 bits per heavy atom. The quantitative estimate of drug-likeness (QED) is 0.656. The summed E-state index contributed by atoms with van der Waals surface area (Å²) in [7, 11) is 0. The lowest BCUT2D eigenvalue weighted by molar-refractivity contribution is 0.601. The fourth-order valence-corrected chi connectivity index (χ4v) is 3.58. The minimum Gasteiger partial charge on any atom is -0.319 e. The zero-order valence-corrected chi connectivity index (χ0v) is 15.1. The van der Waals surface area contributed by atoms with Gasteiger partial charge < -0.3 is 9.88 Å². The molecule has 24 heavy (non-hydrogen) atoms. The molecule has 4 heteroatoms. The Labute approximate surface area is 153 Å². The molecule has 1 aliphatic heterocycles. The van der Waals surface area contributed by atoms with Crippen LogP contribution in [0.15, 0.2) is 60.8 Å². The number of nitrogens with one attached hydrogen (secondary N) is 1. The van der Waals surface area contributed by atoms with Crippen molar-refractivity contribution >= 4 is 24.0 Å². The Morgan fingerprint density at radius 3 is 2.62 bits per heavy atom. The molecule has 0 saturated heterocycles. The fourth-order valence-electron chi connectivity index (χ4n) is 3.34. The molecule has 0 bridgehead atoms. The van der Waals surface area contributed by atoms with Crippen molar-refractivity contribution in [3.63, 3.8) is 0 Å². The van der Waals surface area contributed by atoms with E-state index >= 15 is 0 Å². The van der Waals surface area contributed by atoms with Crippen molar-refractivity contribution in [1.29, 1.82) is 0 Å². The van der Waals surface area contributed by atoms with Gasteiger partial charge in [0.25, 0.3) is 0 Å². The Kier molecular flexibility index (Phi) is 5.00. The van der Waals surface area contributed by atoms with Crippen LogP contribution >= 0.6 is 24.0 Å². The van der Waals surface area contributed by atoms with Crippen molar-refractivity contribution in [3.8, 4) is 5.69 Å². The molecule has 0 radical (unpaired) electrons. The van der Waals surface area contributed by atoms with Crippen LogP contribution in [0.3, 0.4) is 0 Å². The number of aryl methyl sites for hydroxylation is 1. The van der Waals surface area contributed by atoms with Gasteiger partial charge in [-0.3, -0.25) is 0 Å². The lowest BCUT2D eigenvalue weighted by Crippen LogP contribution is -2.21. The van der Waals surface area contributed by atoms with Gasteiger partial charge in [-0.25, -0.2) is 0 Å². The van der Waals surface area contributed by atoms with Crippen LogP contribution in [0.25, 0.3) is 5.69 Å². The normalized spacial score (nSPS) is 15.8. The van der Waals surface area contributed by atoms with Crippen molar-refractivity contribution < 1.29 is 0 Å². The first-order valence-corrected chi connectivity index (χ1v) is 8.43. The number of halogens is 2. The van der Waals surface area contributed by atoms with Crippen molar-refractivity contribution in [2.24, 2.45) is 0 Å². The molecule has 3 aromatic rings. The molecule has 1 unspecified atom stereocenters. The molecule has 0 saturated carbocycles. The second-order valence-electron chi connectivity index (χ2n) is 5.95. The van der Waals surface area contributed by atoms with E-state index in [4.69, 9.17) is 11.6 Å². The SMILES string of the molecule is CCc1ccc(C2NCc3c(Cl)cccc3-n3cccc32)cc1.Cl. The maximum atomic E-state index is 6.43. The first-order valence-electron chi connectivity index (χ1n) is 8.05. The van der Waals surface area contributed by atoms with Crippen LogP contribution in [-0.4, -0.2) is 4.57 Å². The van der Waals surface area contributed by atoms with Gasteiger partial charge in [0.1, 0.15) is 0 Å². The third-order valence-electron chi connectivity index (χ3n) is 4.63. The summed E-state index contributed by atoms with van der Waals surface area (Å²) in [6.07, 6.45) is 3.18. The van der Waals surface area contributed by atoms with Crippen molar-refractivity contribution in [3.05, 3.63) is 88.2 Å². The maximum Gasteiger partial charge on any atom is 0.0737 e. The van der Waals surface area contributed by atoms with Crippen LogP contribution in [0.2, 0.25) is 5.02 Å². The molecule has 4 rings (SSSR count). The van der Waals surface area contributed by atoms with Gasteiger partial charge in [-0.05, 0) is 41.8 Å². The summed E-state index contributed by atoms with van der Waals surface area (Å²) in [4.78, 5) is 0. The highest BCUT2D eigenvalue weighted by Gasteiger charge is 2.23. The monoisotopic (exact) mass is 358 g/mol. The largest absolute Gasteiger partial charge is 0.319 e. The molecule has 0 amide bonds. The highest BCUT2D eigenvalue weighted by atomic mass is 35.5. The predicted molar refractivity (Wildman–Crippen MR) is 103 cm³/mol. The average molecular weight is 359 g/mol. The summed E-state index contributed by atoms with van der Waals surface area (Å²) in [5, 5.41) is 4.49. The third-order valence-corrected chi connectivity index (χ3v) is 4.99. The Balaban J connectivity index is 0.00000169. The summed E-state index contributed by atoms with van der Waals surface area (Å²) in [5.41, 5.74) is 6.21. The van der Waals surface area contributed by atoms with Gasteiger partial charge in [0.15, 0.2) is 0 Å². The van der Waals surface area contributed by atoms with Crippen molar-refractivity contribution in [2.75, 3.05) is 0 Å². The number of aromatic nitrogens is 1. The maximum absolute atomic E-state index is 6.43. The molecule has 0 aliphatic carbocycles. The van der Waals surface area contributed by atoms with Gasteiger partial charge in [0, 0.05) is 29.0 Å². The molecular weight excluding hydrogens is 339 g/mol. The summed E-state index contributed by atoms with van der Waals surface area (Å²) in [5.74, 6) is 0. The van der Waals surface area contributed by atoms with E-state index in [1.165, 1.54) is 16.8 Å². The molecule has 0 spiro atoms.